The fourth-order valence-electron chi connectivity index (χ4n) is 1.70. The summed E-state index contributed by atoms with van der Waals surface area (Å²) in [6.45, 7) is 1.64. The molecule has 2 aromatic carbocycles. The number of aryl methyl sites for hydroxylation is 1. The molecule has 1 amide bonds. The third-order valence-corrected chi connectivity index (χ3v) is 2.69. The van der Waals surface area contributed by atoms with Gasteiger partial charge in [-0.05, 0) is 48.9 Å². The molecule has 0 aromatic heterocycles. The van der Waals surface area contributed by atoms with Crippen LogP contribution in [-0.2, 0) is 0 Å². The maximum atomic E-state index is 13.0. The summed E-state index contributed by atoms with van der Waals surface area (Å²) in [6, 6.07) is 7.78. The summed E-state index contributed by atoms with van der Waals surface area (Å²) in [4.78, 5) is 12.0. The molecule has 0 radical (unpaired) electrons. The normalized spacial score (nSPS) is 10.3. The van der Waals surface area contributed by atoms with Gasteiger partial charge in [-0.15, -0.1) is 0 Å². The molecule has 0 bridgehead atoms. The third kappa shape index (κ3) is 2.88. The molecule has 0 aliphatic rings. The Bertz CT molecular complexity index is 641. The van der Waals surface area contributed by atoms with Crippen molar-refractivity contribution in [2.45, 2.75) is 6.92 Å². The van der Waals surface area contributed by atoms with E-state index in [1.165, 1.54) is 36.4 Å². The van der Waals surface area contributed by atoms with Crippen LogP contribution >= 0.6 is 0 Å². The van der Waals surface area contributed by atoms with E-state index >= 15 is 0 Å². The van der Waals surface area contributed by atoms with Gasteiger partial charge in [0.1, 0.15) is 11.6 Å². The molecular formula is C14H12F2N2O. The smallest absolute Gasteiger partial charge is 0.255 e. The Morgan fingerprint density at radius 1 is 1.16 bits per heavy atom. The second-order valence-electron chi connectivity index (χ2n) is 4.15. The van der Waals surface area contributed by atoms with Gasteiger partial charge in [0.25, 0.3) is 5.91 Å². The van der Waals surface area contributed by atoms with Crippen molar-refractivity contribution in [3.05, 3.63) is 59.2 Å². The van der Waals surface area contributed by atoms with Gasteiger partial charge in [-0.1, -0.05) is 0 Å². The predicted molar refractivity (Wildman–Crippen MR) is 69.9 cm³/mol. The maximum Gasteiger partial charge on any atom is 0.255 e. The average molecular weight is 262 g/mol. The van der Waals surface area contributed by atoms with Gasteiger partial charge in [-0.3, -0.25) is 4.79 Å². The fraction of sp³-hybridized carbons (Fsp3) is 0.0714. The quantitative estimate of drug-likeness (QED) is 0.817. The highest BCUT2D eigenvalue weighted by atomic mass is 19.1. The zero-order chi connectivity index (χ0) is 14.0. The van der Waals surface area contributed by atoms with Gasteiger partial charge in [-0.2, -0.15) is 0 Å². The molecule has 5 heteroatoms. The number of benzene rings is 2. The summed E-state index contributed by atoms with van der Waals surface area (Å²) >= 11 is 0. The first-order valence-electron chi connectivity index (χ1n) is 5.60. The van der Waals surface area contributed by atoms with Crippen LogP contribution in [-0.4, -0.2) is 5.91 Å². The lowest BCUT2D eigenvalue weighted by Gasteiger charge is -2.08. The predicted octanol–water partition coefficient (Wildman–Crippen LogP) is 3.11. The molecule has 19 heavy (non-hydrogen) atoms. The molecule has 3 nitrogen and oxygen atoms in total. The maximum absolute atomic E-state index is 13.0. The summed E-state index contributed by atoms with van der Waals surface area (Å²) in [5.74, 6) is -1.35. The van der Waals surface area contributed by atoms with Crippen molar-refractivity contribution < 1.29 is 13.6 Å². The third-order valence-electron chi connectivity index (χ3n) is 2.69. The summed E-state index contributed by atoms with van der Waals surface area (Å²) < 4.78 is 25.9. The van der Waals surface area contributed by atoms with Crippen molar-refractivity contribution in [3.63, 3.8) is 0 Å². The molecule has 0 saturated heterocycles. The highest BCUT2D eigenvalue weighted by molar-refractivity contribution is 6.05. The number of anilines is 2. The number of carbonyl (C=O) groups excluding carboxylic acids is 1. The lowest BCUT2D eigenvalue weighted by Crippen LogP contribution is -2.13. The minimum atomic E-state index is -0.545. The molecule has 2 rings (SSSR count). The lowest BCUT2D eigenvalue weighted by molar-refractivity contribution is 0.102. The van der Waals surface area contributed by atoms with Gasteiger partial charge in [0.15, 0.2) is 0 Å². The van der Waals surface area contributed by atoms with E-state index in [-0.39, 0.29) is 5.69 Å². The number of hydrogen-bond acceptors (Lipinski definition) is 2. The SMILES string of the molecule is Cc1cc(F)ccc1C(=O)Nc1ccc(F)c(N)c1. The zero-order valence-corrected chi connectivity index (χ0v) is 10.2. The lowest BCUT2D eigenvalue weighted by atomic mass is 10.1. The molecule has 0 atom stereocenters. The molecular weight excluding hydrogens is 250 g/mol. The van der Waals surface area contributed by atoms with Crippen molar-refractivity contribution in [2.24, 2.45) is 0 Å². The number of nitrogens with one attached hydrogen (secondary N) is 1. The average Bonchev–Trinajstić information content (AvgIpc) is 2.33. The minimum absolute atomic E-state index is 0.0476. The first-order chi connectivity index (χ1) is 8.97. The fourth-order valence-corrected chi connectivity index (χ4v) is 1.70. The van der Waals surface area contributed by atoms with E-state index in [1.807, 2.05) is 0 Å². The van der Waals surface area contributed by atoms with E-state index in [0.29, 0.717) is 16.8 Å². The first-order valence-corrected chi connectivity index (χ1v) is 5.60. The van der Waals surface area contributed by atoms with Gasteiger partial charge in [0, 0.05) is 11.3 Å². The second kappa shape index (κ2) is 5.06. The zero-order valence-electron chi connectivity index (χ0n) is 10.2. The number of hydrogen-bond donors (Lipinski definition) is 2. The number of halogens is 2. The number of nitrogen functional groups attached to an aromatic ring is 1. The molecule has 0 aliphatic heterocycles. The summed E-state index contributed by atoms with van der Waals surface area (Å²) in [6.07, 6.45) is 0. The van der Waals surface area contributed by atoms with Crippen LogP contribution in [0.15, 0.2) is 36.4 Å². The summed E-state index contributed by atoms with van der Waals surface area (Å²) in [5.41, 5.74) is 6.62. The summed E-state index contributed by atoms with van der Waals surface area (Å²) in [7, 11) is 0. The van der Waals surface area contributed by atoms with Crippen LogP contribution in [0.2, 0.25) is 0 Å². The van der Waals surface area contributed by atoms with Crippen molar-refractivity contribution in [1.29, 1.82) is 0 Å². The van der Waals surface area contributed by atoms with Gasteiger partial charge >= 0.3 is 0 Å². The monoisotopic (exact) mass is 262 g/mol. The van der Waals surface area contributed by atoms with Gasteiger partial charge in [0.05, 0.1) is 5.69 Å². The largest absolute Gasteiger partial charge is 0.396 e. The molecule has 0 fully saturated rings. The van der Waals surface area contributed by atoms with Gasteiger partial charge in [-0.25, -0.2) is 8.78 Å². The van der Waals surface area contributed by atoms with Crippen molar-refractivity contribution >= 4 is 17.3 Å². The van der Waals surface area contributed by atoms with Crippen LogP contribution in [0.3, 0.4) is 0 Å². The van der Waals surface area contributed by atoms with Crippen molar-refractivity contribution in [3.8, 4) is 0 Å². The Labute approximate surface area is 109 Å². The topological polar surface area (TPSA) is 55.1 Å². The molecule has 0 saturated carbocycles. The Morgan fingerprint density at radius 3 is 2.53 bits per heavy atom. The van der Waals surface area contributed by atoms with Gasteiger partial charge in [0.2, 0.25) is 0 Å². The van der Waals surface area contributed by atoms with E-state index in [4.69, 9.17) is 5.73 Å². The second-order valence-corrected chi connectivity index (χ2v) is 4.15. The van der Waals surface area contributed by atoms with Crippen molar-refractivity contribution in [2.75, 3.05) is 11.1 Å². The Morgan fingerprint density at radius 2 is 1.89 bits per heavy atom. The number of nitrogens with two attached hydrogens (primary N) is 1. The van der Waals surface area contributed by atoms with Crippen LogP contribution in [0, 0.1) is 18.6 Å². The van der Waals surface area contributed by atoms with Crippen LogP contribution in [0.25, 0.3) is 0 Å². The Balaban J connectivity index is 2.23. The number of carbonyl (C=O) groups is 1. The molecule has 98 valence electrons. The Kier molecular flexibility index (Phi) is 3.46. The first kappa shape index (κ1) is 13.0. The molecule has 0 heterocycles. The summed E-state index contributed by atoms with van der Waals surface area (Å²) in [5, 5.41) is 2.58. The molecule has 0 unspecified atom stereocenters. The van der Waals surface area contributed by atoms with E-state index in [0.717, 1.165) is 0 Å². The number of amides is 1. The van der Waals surface area contributed by atoms with E-state index in [1.54, 1.807) is 6.92 Å². The van der Waals surface area contributed by atoms with Gasteiger partial charge < -0.3 is 11.1 Å². The van der Waals surface area contributed by atoms with E-state index in [9.17, 15) is 13.6 Å². The van der Waals surface area contributed by atoms with Crippen LogP contribution in [0.5, 0.6) is 0 Å². The molecule has 0 spiro atoms. The van der Waals surface area contributed by atoms with Crippen molar-refractivity contribution in [1.82, 2.24) is 0 Å². The highest BCUT2D eigenvalue weighted by Gasteiger charge is 2.10. The molecule has 0 aliphatic carbocycles. The standard InChI is InChI=1S/C14H12F2N2O/c1-8-6-9(15)2-4-11(8)14(19)18-10-3-5-12(16)13(17)7-10/h2-7H,17H2,1H3,(H,18,19). The van der Waals surface area contributed by atoms with Crippen LogP contribution < -0.4 is 11.1 Å². The van der Waals surface area contributed by atoms with E-state index < -0.39 is 17.5 Å². The Hall–Kier alpha value is -2.43. The molecule has 2 aromatic rings. The highest BCUT2D eigenvalue weighted by Crippen LogP contribution is 2.18. The van der Waals surface area contributed by atoms with Crippen LogP contribution in [0.1, 0.15) is 15.9 Å². The minimum Gasteiger partial charge on any atom is -0.396 e. The molecule has 3 N–H and O–H groups in total. The number of rotatable bonds is 2. The van der Waals surface area contributed by atoms with Crippen LogP contribution in [0.4, 0.5) is 20.2 Å². The van der Waals surface area contributed by atoms with E-state index in [2.05, 4.69) is 5.32 Å².